The summed E-state index contributed by atoms with van der Waals surface area (Å²) in [5.41, 5.74) is 3.20. The summed E-state index contributed by atoms with van der Waals surface area (Å²) in [6, 6.07) is 15.3. The fraction of sp³-hybridized carbons (Fsp3) is 0.440. The standard InChI is InChI=1S/C25H33ClN2O2S/c1-4-6-15-27-25(30)23(5-2)28(16-20-13-11-19(3)12-14-20)24(29)18-31-17-21-9-7-8-10-22(21)26/h7-14,23H,4-6,15-18H2,1-3H3,(H,27,30)/t23-/m0/s1. The SMILES string of the molecule is CCCCNC(=O)[C@H](CC)N(Cc1ccc(C)cc1)C(=O)CSCc1ccccc1Cl. The van der Waals surface area contributed by atoms with Crippen LogP contribution in [0.15, 0.2) is 48.5 Å². The van der Waals surface area contributed by atoms with Gasteiger partial charge in [0, 0.05) is 23.9 Å². The first kappa shape index (κ1) is 25.3. The first-order valence-electron chi connectivity index (χ1n) is 10.9. The molecule has 0 aromatic heterocycles. The molecule has 0 radical (unpaired) electrons. The first-order chi connectivity index (χ1) is 15.0. The highest BCUT2D eigenvalue weighted by atomic mass is 35.5. The van der Waals surface area contributed by atoms with E-state index in [1.807, 2.05) is 62.4 Å². The van der Waals surface area contributed by atoms with Crippen LogP contribution >= 0.6 is 23.4 Å². The molecule has 4 nitrogen and oxygen atoms in total. The van der Waals surface area contributed by atoms with Crippen LogP contribution in [-0.2, 0) is 21.9 Å². The van der Waals surface area contributed by atoms with Crippen molar-refractivity contribution in [1.29, 1.82) is 0 Å². The number of rotatable bonds is 12. The lowest BCUT2D eigenvalue weighted by atomic mass is 10.1. The topological polar surface area (TPSA) is 49.4 Å². The fourth-order valence-corrected chi connectivity index (χ4v) is 4.46. The molecule has 0 unspecified atom stereocenters. The Morgan fingerprint density at radius 1 is 1.10 bits per heavy atom. The van der Waals surface area contributed by atoms with E-state index in [0.29, 0.717) is 36.0 Å². The van der Waals surface area contributed by atoms with Gasteiger partial charge in [-0.05, 0) is 37.0 Å². The van der Waals surface area contributed by atoms with Gasteiger partial charge in [-0.1, -0.05) is 79.9 Å². The highest BCUT2D eigenvalue weighted by molar-refractivity contribution is 7.99. The van der Waals surface area contributed by atoms with Crippen molar-refractivity contribution in [2.75, 3.05) is 12.3 Å². The van der Waals surface area contributed by atoms with E-state index in [0.717, 1.165) is 24.0 Å². The van der Waals surface area contributed by atoms with Gasteiger partial charge in [-0.2, -0.15) is 0 Å². The van der Waals surface area contributed by atoms with E-state index in [1.165, 1.54) is 17.3 Å². The summed E-state index contributed by atoms with van der Waals surface area (Å²) < 4.78 is 0. The maximum Gasteiger partial charge on any atom is 0.242 e. The third-order valence-electron chi connectivity index (χ3n) is 5.13. The number of halogens is 1. The predicted octanol–water partition coefficient (Wildman–Crippen LogP) is 5.61. The molecule has 0 aliphatic rings. The van der Waals surface area contributed by atoms with Gasteiger partial charge in [0.1, 0.15) is 6.04 Å². The van der Waals surface area contributed by atoms with Crippen molar-refractivity contribution in [3.05, 3.63) is 70.2 Å². The van der Waals surface area contributed by atoms with Gasteiger partial charge < -0.3 is 10.2 Å². The van der Waals surface area contributed by atoms with Crippen molar-refractivity contribution in [3.63, 3.8) is 0 Å². The second-order valence-corrected chi connectivity index (χ2v) is 9.05. The molecule has 0 bridgehead atoms. The number of carbonyl (C=O) groups is 2. The Hall–Kier alpha value is -1.98. The Bertz CT molecular complexity index is 842. The molecule has 2 aromatic rings. The summed E-state index contributed by atoms with van der Waals surface area (Å²) in [6.45, 7) is 7.14. The fourth-order valence-electron chi connectivity index (χ4n) is 3.26. The molecular weight excluding hydrogens is 428 g/mol. The van der Waals surface area contributed by atoms with E-state index in [2.05, 4.69) is 12.2 Å². The molecule has 0 fully saturated rings. The van der Waals surface area contributed by atoms with Gasteiger partial charge in [0.2, 0.25) is 11.8 Å². The van der Waals surface area contributed by atoms with E-state index in [-0.39, 0.29) is 11.8 Å². The van der Waals surface area contributed by atoms with Crippen molar-refractivity contribution >= 4 is 35.2 Å². The maximum absolute atomic E-state index is 13.2. The second kappa shape index (κ2) is 13.4. The summed E-state index contributed by atoms with van der Waals surface area (Å²) in [6.07, 6.45) is 2.52. The highest BCUT2D eigenvalue weighted by Gasteiger charge is 2.28. The largest absolute Gasteiger partial charge is 0.354 e. The van der Waals surface area contributed by atoms with Gasteiger partial charge in [0.05, 0.1) is 5.75 Å². The number of carbonyl (C=O) groups excluding carboxylic acids is 2. The number of nitrogens with one attached hydrogen (secondary N) is 1. The van der Waals surface area contributed by atoms with Crippen LogP contribution in [0.2, 0.25) is 5.02 Å². The summed E-state index contributed by atoms with van der Waals surface area (Å²) in [4.78, 5) is 27.8. The number of nitrogens with zero attached hydrogens (tertiary/aromatic N) is 1. The second-order valence-electron chi connectivity index (χ2n) is 7.66. The van der Waals surface area contributed by atoms with Crippen molar-refractivity contribution in [2.24, 2.45) is 0 Å². The number of amides is 2. The Morgan fingerprint density at radius 2 is 1.81 bits per heavy atom. The van der Waals surface area contributed by atoms with Crippen molar-refractivity contribution < 1.29 is 9.59 Å². The molecule has 0 spiro atoms. The van der Waals surface area contributed by atoms with Crippen LogP contribution in [0, 0.1) is 6.92 Å². The number of hydrogen-bond acceptors (Lipinski definition) is 3. The van der Waals surface area contributed by atoms with E-state index in [4.69, 9.17) is 11.6 Å². The Labute approximate surface area is 195 Å². The van der Waals surface area contributed by atoms with Crippen molar-refractivity contribution in [3.8, 4) is 0 Å². The molecule has 168 valence electrons. The lowest BCUT2D eigenvalue weighted by molar-refractivity contribution is -0.139. The van der Waals surface area contributed by atoms with Crippen molar-refractivity contribution in [2.45, 2.75) is 58.4 Å². The molecule has 31 heavy (non-hydrogen) atoms. The van der Waals surface area contributed by atoms with E-state index >= 15 is 0 Å². The van der Waals surface area contributed by atoms with Gasteiger partial charge in [-0.25, -0.2) is 0 Å². The van der Waals surface area contributed by atoms with Crippen molar-refractivity contribution in [1.82, 2.24) is 10.2 Å². The minimum Gasteiger partial charge on any atom is -0.354 e. The number of aryl methyl sites for hydroxylation is 1. The van der Waals surface area contributed by atoms with Crippen LogP contribution in [0.4, 0.5) is 0 Å². The molecule has 2 rings (SSSR count). The van der Waals surface area contributed by atoms with Gasteiger partial charge in [-0.3, -0.25) is 9.59 Å². The summed E-state index contributed by atoms with van der Waals surface area (Å²) in [7, 11) is 0. The van der Waals surface area contributed by atoms with Gasteiger partial charge in [-0.15, -0.1) is 11.8 Å². The van der Waals surface area contributed by atoms with E-state index < -0.39 is 6.04 Å². The average Bonchev–Trinajstić information content (AvgIpc) is 2.76. The van der Waals surface area contributed by atoms with Crippen LogP contribution < -0.4 is 5.32 Å². The third kappa shape index (κ3) is 8.23. The van der Waals surface area contributed by atoms with Crippen LogP contribution in [0.25, 0.3) is 0 Å². The minimum atomic E-state index is -0.480. The smallest absolute Gasteiger partial charge is 0.242 e. The monoisotopic (exact) mass is 460 g/mol. The molecule has 0 aliphatic carbocycles. The van der Waals surface area contributed by atoms with Crippen LogP contribution in [0.3, 0.4) is 0 Å². The predicted molar refractivity (Wildman–Crippen MR) is 131 cm³/mol. The van der Waals surface area contributed by atoms with Crippen LogP contribution in [-0.4, -0.2) is 35.1 Å². The Morgan fingerprint density at radius 3 is 2.45 bits per heavy atom. The molecule has 0 saturated heterocycles. The van der Waals surface area contributed by atoms with Gasteiger partial charge in [0.15, 0.2) is 0 Å². The number of hydrogen-bond donors (Lipinski definition) is 1. The molecule has 2 aromatic carbocycles. The van der Waals surface area contributed by atoms with Crippen LogP contribution in [0.1, 0.15) is 49.8 Å². The molecule has 1 atom stereocenters. The molecule has 0 aliphatic heterocycles. The quantitative estimate of drug-likeness (QED) is 0.419. The van der Waals surface area contributed by atoms with E-state index in [9.17, 15) is 9.59 Å². The molecule has 2 amide bonds. The summed E-state index contributed by atoms with van der Waals surface area (Å²) >= 11 is 7.76. The zero-order chi connectivity index (χ0) is 22.6. The van der Waals surface area contributed by atoms with E-state index in [1.54, 1.807) is 4.90 Å². The van der Waals surface area contributed by atoms with Gasteiger partial charge in [0.25, 0.3) is 0 Å². The number of unbranched alkanes of at least 4 members (excludes halogenated alkanes) is 1. The number of thioether (sulfide) groups is 1. The number of benzene rings is 2. The molecule has 0 heterocycles. The molecule has 0 saturated carbocycles. The highest BCUT2D eigenvalue weighted by Crippen LogP contribution is 2.22. The third-order valence-corrected chi connectivity index (χ3v) is 6.46. The molecule has 6 heteroatoms. The Balaban J connectivity index is 2.10. The Kier molecular flexibility index (Phi) is 11.0. The first-order valence-corrected chi connectivity index (χ1v) is 12.4. The normalized spacial score (nSPS) is 11.7. The maximum atomic E-state index is 13.2. The lowest BCUT2D eigenvalue weighted by Crippen LogP contribution is -2.49. The van der Waals surface area contributed by atoms with Gasteiger partial charge >= 0.3 is 0 Å². The molecule has 1 N–H and O–H groups in total. The molecular formula is C25H33ClN2O2S. The zero-order valence-electron chi connectivity index (χ0n) is 18.7. The lowest BCUT2D eigenvalue weighted by Gasteiger charge is -2.30. The summed E-state index contributed by atoms with van der Waals surface area (Å²) in [5.74, 6) is 0.849. The average molecular weight is 461 g/mol. The summed E-state index contributed by atoms with van der Waals surface area (Å²) in [5, 5.41) is 3.71. The van der Waals surface area contributed by atoms with Crippen LogP contribution in [0.5, 0.6) is 0 Å². The zero-order valence-corrected chi connectivity index (χ0v) is 20.3. The minimum absolute atomic E-state index is 0.0323.